The lowest BCUT2D eigenvalue weighted by molar-refractivity contribution is 0.238. The molecule has 3 rings (SSSR count). The van der Waals surface area contributed by atoms with E-state index in [2.05, 4.69) is 19.1 Å². The maximum atomic E-state index is 2.43. The van der Waals surface area contributed by atoms with Crippen LogP contribution in [0.4, 0.5) is 0 Å². The minimum absolute atomic E-state index is 0.940. The van der Waals surface area contributed by atoms with Crippen molar-refractivity contribution in [3.8, 4) is 0 Å². The molecular weight excluding hydrogens is 108 g/mol. The zero-order valence-electron chi connectivity index (χ0n) is 6.01. The zero-order valence-corrected chi connectivity index (χ0v) is 6.01. The molecule has 0 N–H and O–H groups in total. The number of rotatable bonds is 0. The van der Waals surface area contributed by atoms with Gasteiger partial charge in [0.05, 0.1) is 0 Å². The molecule has 2 bridgehead atoms. The van der Waals surface area contributed by atoms with Crippen molar-refractivity contribution < 1.29 is 0 Å². The molecule has 0 nitrogen and oxygen atoms in total. The summed E-state index contributed by atoms with van der Waals surface area (Å²) in [5.74, 6) is 2.87. The molecule has 0 aliphatic heterocycles. The van der Waals surface area contributed by atoms with Crippen molar-refractivity contribution in [3.05, 3.63) is 12.2 Å². The van der Waals surface area contributed by atoms with Crippen molar-refractivity contribution in [2.45, 2.75) is 26.2 Å². The summed E-state index contributed by atoms with van der Waals surface area (Å²) in [5.41, 5.74) is 0. The van der Waals surface area contributed by atoms with Crippen molar-refractivity contribution >= 4 is 0 Å². The fourth-order valence-corrected chi connectivity index (χ4v) is 2.22. The first-order chi connectivity index (χ1) is 4.36. The van der Waals surface area contributed by atoms with Gasteiger partial charge in [-0.15, -0.1) is 0 Å². The van der Waals surface area contributed by atoms with Crippen LogP contribution in [0.2, 0.25) is 0 Å². The first-order valence-electron chi connectivity index (χ1n) is 4.04. The zero-order chi connectivity index (χ0) is 6.27. The number of hydrogen-bond acceptors (Lipinski definition) is 0. The summed E-state index contributed by atoms with van der Waals surface area (Å²) < 4.78 is 0. The van der Waals surface area contributed by atoms with Crippen LogP contribution in [0.1, 0.15) is 26.2 Å². The number of allylic oxidation sites excluding steroid dienone is 2. The van der Waals surface area contributed by atoms with E-state index in [0.29, 0.717) is 0 Å². The number of fused-ring (bicyclic) bond motifs is 2. The molecule has 1 saturated carbocycles. The van der Waals surface area contributed by atoms with Gasteiger partial charge in [0.1, 0.15) is 0 Å². The molecule has 0 aromatic heterocycles. The molecule has 0 aromatic carbocycles. The minimum Gasteiger partial charge on any atom is -0.0851 e. The standard InChI is InChI=1S/C9H14/c1-7-6-8-2-4-9(7)5-3-8/h2,4,7-9H,3,5-6H2,1H3/t7-,8-,9+/m0/s1. The Morgan fingerprint density at radius 2 is 2.11 bits per heavy atom. The summed E-state index contributed by atoms with van der Waals surface area (Å²) in [6, 6.07) is 0. The van der Waals surface area contributed by atoms with E-state index in [1.54, 1.807) is 0 Å². The van der Waals surface area contributed by atoms with Gasteiger partial charge in [-0.05, 0) is 37.0 Å². The monoisotopic (exact) mass is 122 g/mol. The summed E-state index contributed by atoms with van der Waals surface area (Å²) in [5, 5.41) is 0. The van der Waals surface area contributed by atoms with Crippen LogP contribution in [0.15, 0.2) is 12.2 Å². The molecule has 0 radical (unpaired) electrons. The van der Waals surface area contributed by atoms with E-state index in [1.807, 2.05) is 0 Å². The Labute approximate surface area is 57.0 Å². The summed E-state index contributed by atoms with van der Waals surface area (Å²) in [4.78, 5) is 0. The largest absolute Gasteiger partial charge is 0.0851 e. The second-order valence-corrected chi connectivity index (χ2v) is 3.60. The quantitative estimate of drug-likeness (QED) is 0.433. The minimum atomic E-state index is 0.940. The summed E-state index contributed by atoms with van der Waals surface area (Å²) in [6.07, 6.45) is 9.24. The lowest BCUT2D eigenvalue weighted by Gasteiger charge is -2.35. The van der Waals surface area contributed by atoms with Gasteiger partial charge in [0.15, 0.2) is 0 Å². The SMILES string of the molecule is C[C@H]1C[C@H]2C=C[C@@H]1CC2. The van der Waals surface area contributed by atoms with Gasteiger partial charge in [0.2, 0.25) is 0 Å². The van der Waals surface area contributed by atoms with Crippen LogP contribution in [-0.4, -0.2) is 0 Å². The average Bonchev–Trinajstić information content (AvgIpc) is 1.90. The van der Waals surface area contributed by atoms with Gasteiger partial charge >= 0.3 is 0 Å². The third-order valence-corrected chi connectivity index (χ3v) is 2.91. The molecule has 0 amide bonds. The van der Waals surface area contributed by atoms with Crippen molar-refractivity contribution in [2.24, 2.45) is 17.8 Å². The Morgan fingerprint density at radius 1 is 1.22 bits per heavy atom. The van der Waals surface area contributed by atoms with Crippen molar-refractivity contribution in [2.75, 3.05) is 0 Å². The first kappa shape index (κ1) is 5.52. The topological polar surface area (TPSA) is 0 Å². The Bertz CT molecular complexity index is 135. The summed E-state index contributed by atoms with van der Waals surface area (Å²) in [6.45, 7) is 2.39. The van der Waals surface area contributed by atoms with Gasteiger partial charge in [0, 0.05) is 0 Å². The fraction of sp³-hybridized carbons (Fsp3) is 0.778. The van der Waals surface area contributed by atoms with Crippen LogP contribution in [-0.2, 0) is 0 Å². The number of hydrogen-bond donors (Lipinski definition) is 0. The van der Waals surface area contributed by atoms with E-state index in [0.717, 1.165) is 17.8 Å². The van der Waals surface area contributed by atoms with E-state index >= 15 is 0 Å². The van der Waals surface area contributed by atoms with Crippen LogP contribution in [0.3, 0.4) is 0 Å². The Hall–Kier alpha value is -0.260. The third-order valence-electron chi connectivity index (χ3n) is 2.91. The van der Waals surface area contributed by atoms with Gasteiger partial charge in [-0.1, -0.05) is 19.1 Å². The van der Waals surface area contributed by atoms with Crippen molar-refractivity contribution in [3.63, 3.8) is 0 Å². The molecule has 3 aliphatic carbocycles. The molecule has 0 heterocycles. The highest BCUT2D eigenvalue weighted by Gasteiger charge is 2.28. The van der Waals surface area contributed by atoms with Gasteiger partial charge in [-0.2, -0.15) is 0 Å². The highest BCUT2D eigenvalue weighted by Crippen LogP contribution is 2.39. The predicted octanol–water partition coefficient (Wildman–Crippen LogP) is 2.61. The molecule has 3 aliphatic rings. The Morgan fingerprint density at radius 3 is 2.33 bits per heavy atom. The highest BCUT2D eigenvalue weighted by molar-refractivity contribution is 5.04. The molecule has 0 unspecified atom stereocenters. The van der Waals surface area contributed by atoms with Crippen molar-refractivity contribution in [1.29, 1.82) is 0 Å². The second kappa shape index (κ2) is 1.86. The lowest BCUT2D eigenvalue weighted by atomic mass is 9.70. The average molecular weight is 122 g/mol. The van der Waals surface area contributed by atoms with E-state index in [4.69, 9.17) is 0 Å². The normalized spacial score (nSPS) is 47.9. The Kier molecular flexibility index (Phi) is 1.14. The third kappa shape index (κ3) is 0.810. The van der Waals surface area contributed by atoms with Crippen LogP contribution in [0.5, 0.6) is 0 Å². The fourth-order valence-electron chi connectivity index (χ4n) is 2.22. The summed E-state index contributed by atoms with van der Waals surface area (Å²) >= 11 is 0. The maximum absolute atomic E-state index is 2.43. The van der Waals surface area contributed by atoms with Crippen molar-refractivity contribution in [1.82, 2.24) is 0 Å². The smallest absolute Gasteiger partial charge is 0.0207 e. The van der Waals surface area contributed by atoms with Gasteiger partial charge in [-0.25, -0.2) is 0 Å². The molecule has 0 aromatic rings. The predicted molar refractivity (Wildman–Crippen MR) is 39.1 cm³/mol. The molecule has 50 valence electrons. The van der Waals surface area contributed by atoms with Crippen LogP contribution < -0.4 is 0 Å². The Balaban J connectivity index is 2.20. The van der Waals surface area contributed by atoms with Gasteiger partial charge in [0.25, 0.3) is 0 Å². The van der Waals surface area contributed by atoms with Crippen LogP contribution in [0.25, 0.3) is 0 Å². The van der Waals surface area contributed by atoms with Crippen LogP contribution >= 0.6 is 0 Å². The molecule has 3 atom stereocenters. The second-order valence-electron chi connectivity index (χ2n) is 3.60. The van der Waals surface area contributed by atoms with E-state index in [9.17, 15) is 0 Å². The lowest BCUT2D eigenvalue weighted by Crippen LogP contribution is -2.24. The van der Waals surface area contributed by atoms with Crippen LogP contribution in [0, 0.1) is 17.8 Å². The maximum Gasteiger partial charge on any atom is -0.0207 e. The van der Waals surface area contributed by atoms with E-state index in [-0.39, 0.29) is 0 Å². The molecule has 1 fully saturated rings. The molecule has 0 spiro atoms. The highest BCUT2D eigenvalue weighted by atomic mass is 14.3. The van der Waals surface area contributed by atoms with Gasteiger partial charge < -0.3 is 0 Å². The summed E-state index contributed by atoms with van der Waals surface area (Å²) in [7, 11) is 0. The van der Waals surface area contributed by atoms with E-state index < -0.39 is 0 Å². The molecule has 9 heavy (non-hydrogen) atoms. The molecule has 0 heteroatoms. The molecular formula is C9H14. The first-order valence-corrected chi connectivity index (χ1v) is 4.04. The van der Waals surface area contributed by atoms with E-state index in [1.165, 1.54) is 19.3 Å². The van der Waals surface area contributed by atoms with Gasteiger partial charge in [-0.3, -0.25) is 0 Å². The molecule has 0 saturated heterocycles.